The van der Waals surface area contributed by atoms with Gasteiger partial charge in [-0.25, -0.2) is 8.42 Å². The Morgan fingerprint density at radius 3 is 2.34 bits per heavy atom. The van der Waals surface area contributed by atoms with Gasteiger partial charge in [-0.1, -0.05) is 61.6 Å². The topological polar surface area (TPSA) is 50.5 Å². The number of allylic oxidation sites excluding steroid dienone is 2. The lowest BCUT2D eigenvalue weighted by atomic mass is 9.84. The van der Waals surface area contributed by atoms with Gasteiger partial charge in [0.15, 0.2) is 9.84 Å². The summed E-state index contributed by atoms with van der Waals surface area (Å²) in [5, 5.41) is 2.49. The van der Waals surface area contributed by atoms with Crippen molar-refractivity contribution in [3.63, 3.8) is 0 Å². The zero-order chi connectivity index (χ0) is 28.9. The fraction of sp³-hybridized carbons (Fsp3) is 0.562. The minimum atomic E-state index is -3.53. The van der Waals surface area contributed by atoms with Gasteiger partial charge in [-0.05, 0) is 90.0 Å². The summed E-state index contributed by atoms with van der Waals surface area (Å²) in [4.78, 5) is 3.78. The van der Waals surface area contributed by atoms with E-state index in [1.807, 2.05) is 13.0 Å². The molecule has 1 atom stereocenters. The molecule has 0 aliphatic heterocycles. The van der Waals surface area contributed by atoms with Crippen LogP contribution in [0.5, 0.6) is 0 Å². The molecule has 1 aromatic carbocycles. The molecule has 0 spiro atoms. The number of benzene rings is 1. The Morgan fingerprint density at radius 2 is 1.76 bits per heavy atom. The summed E-state index contributed by atoms with van der Waals surface area (Å²) < 4.78 is 33.4. The van der Waals surface area contributed by atoms with Crippen molar-refractivity contribution in [2.45, 2.75) is 91.7 Å². The molecule has 0 amide bonds. The van der Waals surface area contributed by atoms with E-state index in [0.717, 1.165) is 35.5 Å². The van der Waals surface area contributed by atoms with Gasteiger partial charge < -0.3 is 9.32 Å². The van der Waals surface area contributed by atoms with E-state index >= 15 is 0 Å². The average molecular weight is 560 g/mol. The molecule has 1 aromatic heterocycles. The zero-order valence-corrected chi connectivity index (χ0v) is 26.7. The minimum Gasteiger partial charge on any atom is -0.464 e. The van der Waals surface area contributed by atoms with Gasteiger partial charge in [0.1, 0.15) is 5.58 Å². The lowest BCUT2D eigenvalue weighted by Gasteiger charge is -2.39. The van der Waals surface area contributed by atoms with Crippen molar-refractivity contribution < 1.29 is 12.8 Å². The quantitative estimate of drug-likeness (QED) is 0.231. The Labute approximate surface area is 236 Å². The first-order valence-corrected chi connectivity index (χ1v) is 15.9. The smallest absolute Gasteiger partial charge is 0.181 e. The maximum atomic E-state index is 14.0. The van der Waals surface area contributed by atoms with Crippen LogP contribution < -0.4 is 0 Å². The normalized spacial score (nSPS) is 14.2. The lowest BCUT2D eigenvalue weighted by Crippen LogP contribution is -2.39. The van der Waals surface area contributed by atoms with Crippen molar-refractivity contribution >= 4 is 32.6 Å². The van der Waals surface area contributed by atoms with Crippen LogP contribution in [0.2, 0.25) is 0 Å². The number of sulfone groups is 1. The summed E-state index contributed by atoms with van der Waals surface area (Å²) in [5.41, 5.74) is 2.88. The summed E-state index contributed by atoms with van der Waals surface area (Å²) in [6.45, 7) is 29.3. The molecule has 6 heteroatoms. The summed E-state index contributed by atoms with van der Waals surface area (Å²) >= 11 is 1.65. The second-order valence-electron chi connectivity index (χ2n) is 13.2. The van der Waals surface area contributed by atoms with Gasteiger partial charge in [-0.2, -0.15) is 0 Å². The summed E-state index contributed by atoms with van der Waals surface area (Å²) in [6.07, 6.45) is 3.66. The van der Waals surface area contributed by atoms with Crippen LogP contribution in [0.15, 0.2) is 74.6 Å². The van der Waals surface area contributed by atoms with Gasteiger partial charge in [-0.3, -0.25) is 0 Å². The van der Waals surface area contributed by atoms with E-state index < -0.39 is 15.1 Å². The van der Waals surface area contributed by atoms with Crippen LogP contribution in [0.3, 0.4) is 0 Å². The molecular formula is C32H49NO3S2. The van der Waals surface area contributed by atoms with Gasteiger partial charge in [0, 0.05) is 24.2 Å². The zero-order valence-electron chi connectivity index (χ0n) is 25.1. The molecule has 0 saturated carbocycles. The third-order valence-corrected chi connectivity index (χ3v) is 9.48. The largest absolute Gasteiger partial charge is 0.464 e. The van der Waals surface area contributed by atoms with Crippen LogP contribution in [0.25, 0.3) is 11.0 Å². The molecule has 4 nitrogen and oxygen atoms in total. The van der Waals surface area contributed by atoms with Crippen LogP contribution in [0.4, 0.5) is 0 Å². The Morgan fingerprint density at radius 1 is 1.11 bits per heavy atom. The number of hydrogen-bond acceptors (Lipinski definition) is 5. The first-order valence-electron chi connectivity index (χ1n) is 13.5. The number of furan rings is 1. The molecule has 38 heavy (non-hydrogen) atoms. The van der Waals surface area contributed by atoms with Crippen molar-refractivity contribution in [1.82, 2.24) is 4.90 Å². The summed E-state index contributed by atoms with van der Waals surface area (Å²) in [5.74, 6) is 0.263. The molecule has 0 aliphatic carbocycles. The molecule has 1 heterocycles. The molecular weight excluding hydrogens is 510 g/mol. The first-order chi connectivity index (χ1) is 17.4. The molecule has 0 N–H and O–H groups in total. The van der Waals surface area contributed by atoms with E-state index in [0.29, 0.717) is 23.3 Å². The van der Waals surface area contributed by atoms with Crippen LogP contribution in [0, 0.1) is 16.7 Å². The average Bonchev–Trinajstić information content (AvgIpc) is 3.23. The van der Waals surface area contributed by atoms with Gasteiger partial charge in [-0.15, -0.1) is 11.8 Å². The monoisotopic (exact) mass is 559 g/mol. The highest BCUT2D eigenvalue weighted by atomic mass is 32.2. The van der Waals surface area contributed by atoms with Gasteiger partial charge in [0.25, 0.3) is 0 Å². The number of thioether (sulfide) groups is 1. The van der Waals surface area contributed by atoms with E-state index in [4.69, 9.17) is 4.42 Å². The second-order valence-corrected chi connectivity index (χ2v) is 16.6. The van der Waals surface area contributed by atoms with Crippen molar-refractivity contribution in [3.8, 4) is 0 Å². The van der Waals surface area contributed by atoms with E-state index in [1.54, 1.807) is 36.2 Å². The molecule has 0 aliphatic rings. The fourth-order valence-corrected chi connectivity index (χ4v) is 7.62. The number of hydrogen-bond donors (Lipinski definition) is 0. The highest BCUT2D eigenvalue weighted by Gasteiger charge is 2.35. The molecule has 0 radical (unpaired) electrons. The van der Waals surface area contributed by atoms with Crippen LogP contribution >= 0.6 is 11.8 Å². The minimum absolute atomic E-state index is 0.110. The molecule has 212 valence electrons. The molecule has 0 fully saturated rings. The maximum Gasteiger partial charge on any atom is 0.181 e. The van der Waals surface area contributed by atoms with Gasteiger partial charge in [0.05, 0.1) is 16.4 Å². The van der Waals surface area contributed by atoms with Crippen LogP contribution in [0.1, 0.15) is 81.6 Å². The van der Waals surface area contributed by atoms with E-state index in [2.05, 4.69) is 78.9 Å². The van der Waals surface area contributed by atoms with Gasteiger partial charge >= 0.3 is 0 Å². The van der Waals surface area contributed by atoms with Crippen molar-refractivity contribution in [3.05, 3.63) is 65.3 Å². The second kappa shape index (κ2) is 13.0. The first kappa shape index (κ1) is 32.3. The third kappa shape index (κ3) is 10.00. The standard InChI is InChI=1S/C32H49NO3S2/c1-23(2)16-29(38(34,35)28-12-13-30-27(17-28)14-15-36-30)19-32(10,11)22-33(26(6)18-31(7,8)9)20-25(5)21-37-24(3)4/h12-15,17,21,23,29H,3,6,16,18-20,22H2,1-2,4-5,7-11H3/b25-21+. The SMILES string of the molecule is C=C(C)S/C=C(\C)CN(CC(C)(C)CC(CC(C)C)S(=O)(=O)c1ccc2occc2c1)C(=C)CC(C)(C)C. The van der Waals surface area contributed by atoms with E-state index in [-0.39, 0.29) is 16.7 Å². The van der Waals surface area contributed by atoms with Crippen molar-refractivity contribution in [1.29, 1.82) is 0 Å². The van der Waals surface area contributed by atoms with E-state index in [9.17, 15) is 8.42 Å². The van der Waals surface area contributed by atoms with Crippen LogP contribution in [-0.4, -0.2) is 31.7 Å². The maximum absolute atomic E-state index is 14.0. The number of rotatable bonds is 14. The fourth-order valence-electron chi connectivity index (χ4n) is 4.90. The Balaban J connectivity index is 2.35. The van der Waals surface area contributed by atoms with Crippen molar-refractivity contribution in [2.75, 3.05) is 13.1 Å². The highest BCUT2D eigenvalue weighted by Crippen LogP contribution is 2.36. The predicted octanol–water partition coefficient (Wildman–Crippen LogP) is 9.46. The molecule has 0 bridgehead atoms. The summed E-state index contributed by atoms with van der Waals surface area (Å²) in [6, 6.07) is 7.01. The van der Waals surface area contributed by atoms with Crippen molar-refractivity contribution in [2.24, 2.45) is 16.7 Å². The molecule has 1 unspecified atom stereocenters. The van der Waals surface area contributed by atoms with E-state index in [1.165, 1.54) is 5.57 Å². The predicted molar refractivity (Wildman–Crippen MR) is 166 cm³/mol. The molecule has 2 rings (SSSR count). The van der Waals surface area contributed by atoms with Gasteiger partial charge in [0.2, 0.25) is 0 Å². The molecule has 0 saturated heterocycles. The molecule has 2 aromatic rings. The lowest BCUT2D eigenvalue weighted by molar-refractivity contribution is 0.194. The number of nitrogens with zero attached hydrogens (tertiary/aromatic N) is 1. The summed E-state index contributed by atoms with van der Waals surface area (Å²) in [7, 11) is -3.53. The third-order valence-electron chi connectivity index (χ3n) is 6.41. The Bertz CT molecular complexity index is 1240. The Hall–Kier alpha value is -1.92. The highest BCUT2D eigenvalue weighted by molar-refractivity contribution is 8.05. The number of fused-ring (bicyclic) bond motifs is 1. The van der Waals surface area contributed by atoms with Crippen LogP contribution in [-0.2, 0) is 9.84 Å². The Kier molecular flexibility index (Phi) is 11.0.